The lowest BCUT2D eigenvalue weighted by Gasteiger charge is -2.37. The Balaban J connectivity index is 1.77. The van der Waals surface area contributed by atoms with Gasteiger partial charge < -0.3 is 14.9 Å². The fraction of sp³-hybridized carbons (Fsp3) is 0.500. The molecule has 0 aliphatic carbocycles. The molecule has 0 unspecified atom stereocenters. The van der Waals surface area contributed by atoms with Gasteiger partial charge in [-0.25, -0.2) is 0 Å². The SMILES string of the molecule is CC(=O)N1CCc2ccccc2[C@@H]1CC(=O)N1CC[C@@H](C(=O)O)C1. The quantitative estimate of drug-likeness (QED) is 0.910. The van der Waals surface area contributed by atoms with E-state index in [1.807, 2.05) is 24.3 Å². The molecule has 6 heteroatoms. The number of aliphatic carboxylic acids is 1. The number of hydrogen-bond acceptors (Lipinski definition) is 3. The minimum Gasteiger partial charge on any atom is -0.481 e. The molecule has 1 aromatic rings. The third kappa shape index (κ3) is 3.13. The first-order valence-electron chi connectivity index (χ1n) is 8.33. The Hall–Kier alpha value is -2.37. The van der Waals surface area contributed by atoms with Crippen molar-refractivity contribution in [3.8, 4) is 0 Å². The second-order valence-corrected chi connectivity index (χ2v) is 6.54. The molecule has 0 saturated carbocycles. The Labute approximate surface area is 141 Å². The fourth-order valence-electron chi connectivity index (χ4n) is 3.73. The molecule has 3 rings (SSSR count). The summed E-state index contributed by atoms with van der Waals surface area (Å²) in [7, 11) is 0. The van der Waals surface area contributed by atoms with E-state index >= 15 is 0 Å². The average molecular weight is 330 g/mol. The topological polar surface area (TPSA) is 77.9 Å². The van der Waals surface area contributed by atoms with Crippen LogP contribution in [0.2, 0.25) is 0 Å². The standard InChI is InChI=1S/C18H22N2O4/c1-12(21)20-9-7-13-4-2-3-5-15(13)16(20)10-17(22)19-8-6-14(11-19)18(23)24/h2-5,14,16H,6-11H2,1H3,(H,23,24)/t14-,16+/m1/s1. The first-order chi connectivity index (χ1) is 11.5. The summed E-state index contributed by atoms with van der Waals surface area (Å²) in [5, 5.41) is 9.09. The molecule has 1 aromatic carbocycles. The van der Waals surface area contributed by atoms with E-state index < -0.39 is 11.9 Å². The van der Waals surface area contributed by atoms with Crippen molar-refractivity contribution in [2.45, 2.75) is 32.2 Å². The Morgan fingerprint density at radius 1 is 1.21 bits per heavy atom. The number of fused-ring (bicyclic) bond motifs is 1. The summed E-state index contributed by atoms with van der Waals surface area (Å²) in [6, 6.07) is 7.66. The van der Waals surface area contributed by atoms with E-state index in [0.29, 0.717) is 19.5 Å². The highest BCUT2D eigenvalue weighted by molar-refractivity contribution is 5.81. The Kier molecular flexibility index (Phi) is 4.55. The van der Waals surface area contributed by atoms with E-state index in [-0.39, 0.29) is 30.8 Å². The van der Waals surface area contributed by atoms with Crippen molar-refractivity contribution in [1.82, 2.24) is 9.80 Å². The lowest BCUT2D eigenvalue weighted by molar-refractivity contribution is -0.141. The largest absolute Gasteiger partial charge is 0.481 e. The summed E-state index contributed by atoms with van der Waals surface area (Å²) in [4.78, 5) is 39.1. The molecule has 1 fully saturated rings. The van der Waals surface area contributed by atoms with Gasteiger partial charge in [0.25, 0.3) is 0 Å². The summed E-state index contributed by atoms with van der Waals surface area (Å²) in [5.41, 5.74) is 2.21. The Morgan fingerprint density at radius 3 is 2.62 bits per heavy atom. The predicted octanol–water partition coefficient (Wildman–Crippen LogP) is 1.46. The van der Waals surface area contributed by atoms with E-state index in [9.17, 15) is 14.4 Å². The molecule has 2 heterocycles. The number of hydrogen-bond donors (Lipinski definition) is 1. The first kappa shape index (κ1) is 16.5. The van der Waals surface area contributed by atoms with Crippen LogP contribution < -0.4 is 0 Å². The van der Waals surface area contributed by atoms with Crippen LogP contribution in [0.4, 0.5) is 0 Å². The van der Waals surface area contributed by atoms with E-state index in [1.54, 1.807) is 9.80 Å². The molecule has 2 aliphatic rings. The third-order valence-electron chi connectivity index (χ3n) is 5.07. The van der Waals surface area contributed by atoms with E-state index in [0.717, 1.165) is 12.0 Å². The molecule has 2 amide bonds. The maximum atomic E-state index is 12.7. The average Bonchev–Trinajstić information content (AvgIpc) is 3.05. The van der Waals surface area contributed by atoms with Crippen LogP contribution in [0.5, 0.6) is 0 Å². The number of carbonyl (C=O) groups excluding carboxylic acids is 2. The predicted molar refractivity (Wildman–Crippen MR) is 87.2 cm³/mol. The van der Waals surface area contributed by atoms with Crippen LogP contribution in [0.15, 0.2) is 24.3 Å². The van der Waals surface area contributed by atoms with Crippen molar-refractivity contribution in [3.63, 3.8) is 0 Å². The second-order valence-electron chi connectivity index (χ2n) is 6.54. The second kappa shape index (κ2) is 6.63. The van der Waals surface area contributed by atoms with Crippen molar-refractivity contribution in [2.24, 2.45) is 5.92 Å². The van der Waals surface area contributed by atoms with Crippen LogP contribution in [0.3, 0.4) is 0 Å². The summed E-state index contributed by atoms with van der Waals surface area (Å²) >= 11 is 0. The molecule has 1 saturated heterocycles. The molecular formula is C18H22N2O4. The van der Waals surface area contributed by atoms with Gasteiger partial charge in [-0.3, -0.25) is 14.4 Å². The zero-order valence-corrected chi connectivity index (χ0v) is 13.8. The van der Waals surface area contributed by atoms with Crippen LogP contribution in [0, 0.1) is 5.92 Å². The molecule has 0 bridgehead atoms. The number of rotatable bonds is 3. The number of carboxylic acids is 1. The van der Waals surface area contributed by atoms with Crippen molar-refractivity contribution >= 4 is 17.8 Å². The number of carboxylic acid groups (broad SMARTS) is 1. The van der Waals surface area contributed by atoms with Crippen LogP contribution >= 0.6 is 0 Å². The molecular weight excluding hydrogens is 308 g/mol. The van der Waals surface area contributed by atoms with Gasteiger partial charge in [-0.05, 0) is 24.0 Å². The molecule has 2 atom stereocenters. The highest BCUT2D eigenvalue weighted by atomic mass is 16.4. The normalized spacial score (nSPS) is 23.0. The van der Waals surface area contributed by atoms with Gasteiger partial charge in [0.1, 0.15) is 0 Å². The zero-order chi connectivity index (χ0) is 17.3. The van der Waals surface area contributed by atoms with E-state index in [1.165, 1.54) is 12.5 Å². The van der Waals surface area contributed by atoms with Gasteiger partial charge in [-0.15, -0.1) is 0 Å². The van der Waals surface area contributed by atoms with Gasteiger partial charge in [0.2, 0.25) is 11.8 Å². The lowest BCUT2D eigenvalue weighted by Crippen LogP contribution is -2.41. The zero-order valence-electron chi connectivity index (χ0n) is 13.8. The molecule has 1 N–H and O–H groups in total. The van der Waals surface area contributed by atoms with Gasteiger partial charge in [-0.2, -0.15) is 0 Å². The van der Waals surface area contributed by atoms with Crippen molar-refractivity contribution in [3.05, 3.63) is 35.4 Å². The van der Waals surface area contributed by atoms with Crippen molar-refractivity contribution in [1.29, 1.82) is 0 Å². The molecule has 0 aromatic heterocycles. The summed E-state index contributed by atoms with van der Waals surface area (Å²) < 4.78 is 0. The highest BCUT2D eigenvalue weighted by Crippen LogP contribution is 2.33. The van der Waals surface area contributed by atoms with Crippen LogP contribution in [-0.4, -0.2) is 52.3 Å². The van der Waals surface area contributed by atoms with E-state index in [4.69, 9.17) is 5.11 Å². The number of nitrogens with zero attached hydrogens (tertiary/aromatic N) is 2. The molecule has 2 aliphatic heterocycles. The van der Waals surface area contributed by atoms with Crippen molar-refractivity contribution in [2.75, 3.05) is 19.6 Å². The van der Waals surface area contributed by atoms with Crippen LogP contribution in [-0.2, 0) is 20.8 Å². The molecule has 0 radical (unpaired) electrons. The fourth-order valence-corrected chi connectivity index (χ4v) is 3.73. The van der Waals surface area contributed by atoms with Gasteiger partial charge >= 0.3 is 5.97 Å². The van der Waals surface area contributed by atoms with Gasteiger partial charge in [-0.1, -0.05) is 24.3 Å². The molecule has 6 nitrogen and oxygen atoms in total. The number of benzene rings is 1. The van der Waals surface area contributed by atoms with Crippen LogP contribution in [0.1, 0.15) is 36.9 Å². The summed E-state index contributed by atoms with van der Waals surface area (Å²) in [5.74, 6) is -1.44. The minimum absolute atomic E-state index is 0.0351. The maximum Gasteiger partial charge on any atom is 0.308 e. The van der Waals surface area contributed by atoms with Gasteiger partial charge in [0.15, 0.2) is 0 Å². The van der Waals surface area contributed by atoms with E-state index in [2.05, 4.69) is 0 Å². The lowest BCUT2D eigenvalue weighted by atomic mass is 9.90. The number of amides is 2. The number of likely N-dealkylation sites (tertiary alicyclic amines) is 1. The first-order valence-corrected chi connectivity index (χ1v) is 8.33. The monoisotopic (exact) mass is 330 g/mol. The van der Waals surface area contributed by atoms with Crippen molar-refractivity contribution < 1.29 is 19.5 Å². The highest BCUT2D eigenvalue weighted by Gasteiger charge is 2.35. The minimum atomic E-state index is -0.848. The van der Waals surface area contributed by atoms with Gasteiger partial charge in [0, 0.05) is 26.6 Å². The molecule has 0 spiro atoms. The Morgan fingerprint density at radius 2 is 1.96 bits per heavy atom. The Bertz CT molecular complexity index is 673. The van der Waals surface area contributed by atoms with Crippen LogP contribution in [0.25, 0.3) is 0 Å². The molecule has 128 valence electrons. The maximum absolute atomic E-state index is 12.7. The summed E-state index contributed by atoms with van der Waals surface area (Å²) in [6.45, 7) is 2.89. The van der Waals surface area contributed by atoms with Gasteiger partial charge in [0.05, 0.1) is 18.4 Å². The third-order valence-corrected chi connectivity index (χ3v) is 5.07. The summed E-state index contributed by atoms with van der Waals surface area (Å²) in [6.07, 6.45) is 1.51. The molecule has 24 heavy (non-hydrogen) atoms. The smallest absolute Gasteiger partial charge is 0.308 e. The number of carbonyl (C=O) groups is 3.